The minimum absolute atomic E-state index is 0.0588. The van der Waals surface area contributed by atoms with E-state index in [2.05, 4.69) is 0 Å². The van der Waals surface area contributed by atoms with Gasteiger partial charge >= 0.3 is 0 Å². The Morgan fingerprint density at radius 3 is 2.43 bits per heavy atom. The van der Waals surface area contributed by atoms with E-state index in [1.807, 2.05) is 25.1 Å². The van der Waals surface area contributed by atoms with Crippen molar-refractivity contribution in [2.45, 2.75) is 18.7 Å². The Kier molecular flexibility index (Phi) is 4.44. The Morgan fingerprint density at radius 2 is 1.86 bits per heavy atom. The summed E-state index contributed by atoms with van der Waals surface area (Å²) in [4.78, 5) is 0.0588. The molecule has 0 spiro atoms. The maximum Gasteiger partial charge on any atom is 0.265 e. The van der Waals surface area contributed by atoms with E-state index in [1.54, 1.807) is 13.0 Å². The Bertz CT molecular complexity index is 760. The van der Waals surface area contributed by atoms with Gasteiger partial charge in [-0.3, -0.25) is 4.31 Å². The molecule has 0 saturated carbocycles. The molecule has 6 heteroatoms. The van der Waals surface area contributed by atoms with Gasteiger partial charge in [0.1, 0.15) is 4.90 Å². The number of nitrogens with two attached hydrogens (primary N) is 1. The van der Waals surface area contributed by atoms with Crippen molar-refractivity contribution in [1.29, 1.82) is 0 Å². The zero-order valence-corrected chi connectivity index (χ0v) is 13.4. The summed E-state index contributed by atoms with van der Waals surface area (Å²) in [6.07, 6.45) is 0. The Morgan fingerprint density at radius 1 is 1.19 bits per heavy atom. The van der Waals surface area contributed by atoms with Crippen LogP contribution in [0.25, 0.3) is 0 Å². The normalized spacial score (nSPS) is 11.4. The standard InChI is InChI=1S/C15H17ClN2O2S/c1-3-18(14-7-5-4-6-11(14)2)21(19,20)15-9-8-12(17)10-13(15)16/h4-10H,3,17H2,1-2H3. The number of rotatable bonds is 4. The third-order valence-corrected chi connectivity index (χ3v) is 5.57. The first-order valence-electron chi connectivity index (χ1n) is 6.51. The summed E-state index contributed by atoms with van der Waals surface area (Å²) in [6, 6.07) is 11.7. The van der Waals surface area contributed by atoms with Gasteiger partial charge in [-0.25, -0.2) is 8.42 Å². The highest BCUT2D eigenvalue weighted by Gasteiger charge is 2.26. The zero-order valence-electron chi connectivity index (χ0n) is 11.9. The maximum absolute atomic E-state index is 12.8. The molecule has 0 heterocycles. The fourth-order valence-electron chi connectivity index (χ4n) is 2.16. The molecular formula is C15H17ClN2O2S. The first-order chi connectivity index (χ1) is 9.87. The molecule has 0 atom stereocenters. The van der Waals surface area contributed by atoms with Crippen molar-refractivity contribution in [3.05, 3.63) is 53.1 Å². The highest BCUT2D eigenvalue weighted by Crippen LogP contribution is 2.31. The molecule has 0 bridgehead atoms. The summed E-state index contributed by atoms with van der Waals surface area (Å²) in [5.74, 6) is 0. The molecule has 0 radical (unpaired) electrons. The number of halogens is 1. The first-order valence-corrected chi connectivity index (χ1v) is 8.33. The summed E-state index contributed by atoms with van der Waals surface area (Å²) in [7, 11) is -3.73. The highest BCUT2D eigenvalue weighted by atomic mass is 35.5. The molecule has 0 fully saturated rings. The molecule has 2 N–H and O–H groups in total. The van der Waals surface area contributed by atoms with Crippen LogP contribution in [0.4, 0.5) is 11.4 Å². The van der Waals surface area contributed by atoms with E-state index in [9.17, 15) is 8.42 Å². The second kappa shape index (κ2) is 5.95. The Hall–Kier alpha value is -1.72. The SMILES string of the molecule is CCN(c1ccccc1C)S(=O)(=O)c1ccc(N)cc1Cl. The molecule has 21 heavy (non-hydrogen) atoms. The van der Waals surface area contributed by atoms with Crippen molar-refractivity contribution in [3.8, 4) is 0 Å². The maximum atomic E-state index is 12.8. The van der Waals surface area contributed by atoms with E-state index < -0.39 is 10.0 Å². The topological polar surface area (TPSA) is 63.4 Å². The molecular weight excluding hydrogens is 308 g/mol. The molecule has 4 nitrogen and oxygen atoms in total. The van der Waals surface area contributed by atoms with Crippen LogP contribution in [-0.2, 0) is 10.0 Å². The molecule has 0 aromatic heterocycles. The average Bonchev–Trinajstić information content (AvgIpc) is 2.41. The smallest absolute Gasteiger partial charge is 0.265 e. The lowest BCUT2D eigenvalue weighted by molar-refractivity contribution is 0.592. The minimum atomic E-state index is -3.73. The molecule has 0 saturated heterocycles. The number of nitrogens with zero attached hydrogens (tertiary/aromatic N) is 1. The number of benzene rings is 2. The van der Waals surface area contributed by atoms with Gasteiger partial charge < -0.3 is 5.73 Å². The lowest BCUT2D eigenvalue weighted by atomic mass is 10.2. The van der Waals surface area contributed by atoms with E-state index in [0.717, 1.165) is 5.56 Å². The molecule has 0 aliphatic rings. The van der Waals surface area contributed by atoms with Crippen LogP contribution < -0.4 is 10.0 Å². The second-order valence-corrected chi connectivity index (χ2v) is 6.88. The van der Waals surface area contributed by atoms with Crippen LogP contribution in [-0.4, -0.2) is 15.0 Å². The molecule has 0 aliphatic carbocycles. The predicted molar refractivity (Wildman–Crippen MR) is 87.2 cm³/mol. The fraction of sp³-hybridized carbons (Fsp3) is 0.200. The van der Waals surface area contributed by atoms with Gasteiger partial charge in [-0.1, -0.05) is 29.8 Å². The fourth-order valence-corrected chi connectivity index (χ4v) is 4.23. The van der Waals surface area contributed by atoms with Crippen molar-refractivity contribution in [2.75, 3.05) is 16.6 Å². The van der Waals surface area contributed by atoms with Gasteiger partial charge in [0.05, 0.1) is 10.7 Å². The predicted octanol–water partition coefficient (Wildman–Crippen LogP) is 3.45. The quantitative estimate of drug-likeness (QED) is 0.876. The van der Waals surface area contributed by atoms with Crippen LogP contribution in [0, 0.1) is 6.92 Å². The van der Waals surface area contributed by atoms with Gasteiger partial charge in [-0.05, 0) is 43.7 Å². The number of sulfonamides is 1. The van der Waals surface area contributed by atoms with E-state index >= 15 is 0 Å². The van der Waals surface area contributed by atoms with Gasteiger partial charge in [0, 0.05) is 12.2 Å². The largest absolute Gasteiger partial charge is 0.399 e. The first kappa shape index (κ1) is 15.7. The Balaban J connectivity index is 2.58. The number of para-hydroxylation sites is 1. The van der Waals surface area contributed by atoms with Crippen molar-refractivity contribution in [3.63, 3.8) is 0 Å². The number of hydrogen-bond donors (Lipinski definition) is 1. The molecule has 0 aliphatic heterocycles. The van der Waals surface area contributed by atoms with Gasteiger partial charge in [0.2, 0.25) is 0 Å². The van der Waals surface area contributed by atoms with Crippen LogP contribution in [0.5, 0.6) is 0 Å². The Labute approximate surface area is 130 Å². The van der Waals surface area contributed by atoms with E-state index in [0.29, 0.717) is 17.9 Å². The third kappa shape index (κ3) is 2.99. The van der Waals surface area contributed by atoms with Crippen LogP contribution in [0.2, 0.25) is 5.02 Å². The monoisotopic (exact) mass is 324 g/mol. The van der Waals surface area contributed by atoms with E-state index in [1.165, 1.54) is 22.5 Å². The lowest BCUT2D eigenvalue weighted by Crippen LogP contribution is -2.31. The molecule has 0 unspecified atom stereocenters. The van der Waals surface area contributed by atoms with Crippen molar-refractivity contribution in [1.82, 2.24) is 0 Å². The van der Waals surface area contributed by atoms with Crippen molar-refractivity contribution >= 4 is 33.0 Å². The van der Waals surface area contributed by atoms with E-state index in [4.69, 9.17) is 17.3 Å². The summed E-state index contributed by atoms with van der Waals surface area (Å²) < 4.78 is 27.0. The number of hydrogen-bond acceptors (Lipinski definition) is 3. The van der Waals surface area contributed by atoms with Crippen LogP contribution >= 0.6 is 11.6 Å². The van der Waals surface area contributed by atoms with E-state index in [-0.39, 0.29) is 9.92 Å². The minimum Gasteiger partial charge on any atom is -0.399 e. The van der Waals surface area contributed by atoms with Gasteiger partial charge in [-0.15, -0.1) is 0 Å². The summed E-state index contributed by atoms with van der Waals surface area (Å²) in [5, 5.41) is 0.127. The van der Waals surface area contributed by atoms with Crippen LogP contribution in [0.15, 0.2) is 47.4 Å². The number of nitrogen functional groups attached to an aromatic ring is 1. The molecule has 2 rings (SSSR count). The van der Waals surface area contributed by atoms with Gasteiger partial charge in [0.25, 0.3) is 10.0 Å². The molecule has 112 valence electrons. The molecule has 2 aromatic carbocycles. The van der Waals surface area contributed by atoms with Crippen LogP contribution in [0.1, 0.15) is 12.5 Å². The molecule has 0 amide bonds. The van der Waals surface area contributed by atoms with Crippen molar-refractivity contribution < 1.29 is 8.42 Å². The average molecular weight is 325 g/mol. The van der Waals surface area contributed by atoms with Crippen molar-refractivity contribution in [2.24, 2.45) is 0 Å². The third-order valence-electron chi connectivity index (χ3n) is 3.20. The number of anilines is 2. The lowest BCUT2D eigenvalue weighted by Gasteiger charge is -2.25. The molecule has 2 aromatic rings. The zero-order chi connectivity index (χ0) is 15.6. The summed E-state index contributed by atoms with van der Waals surface area (Å²) in [5.41, 5.74) is 7.58. The van der Waals surface area contributed by atoms with Gasteiger partial charge in [0.15, 0.2) is 0 Å². The summed E-state index contributed by atoms with van der Waals surface area (Å²) in [6.45, 7) is 3.97. The van der Waals surface area contributed by atoms with Gasteiger partial charge in [-0.2, -0.15) is 0 Å². The van der Waals surface area contributed by atoms with Crippen LogP contribution in [0.3, 0.4) is 0 Å². The second-order valence-electron chi connectivity index (χ2n) is 4.65. The highest BCUT2D eigenvalue weighted by molar-refractivity contribution is 7.93. The summed E-state index contributed by atoms with van der Waals surface area (Å²) >= 11 is 6.06. The number of aryl methyl sites for hydroxylation is 1.